The lowest BCUT2D eigenvalue weighted by atomic mass is 10.0. The molecule has 0 saturated carbocycles. The average molecular weight is 805 g/mol. The number of aryl methyl sites for hydroxylation is 1. The van der Waals surface area contributed by atoms with E-state index in [0.29, 0.717) is 50.3 Å². The lowest BCUT2D eigenvalue weighted by Crippen LogP contribution is -2.30. The van der Waals surface area contributed by atoms with Crippen molar-refractivity contribution in [3.8, 4) is 22.3 Å². The van der Waals surface area contributed by atoms with Crippen molar-refractivity contribution in [2.75, 3.05) is 17.2 Å². The predicted octanol–water partition coefficient (Wildman–Crippen LogP) is 10.6. The number of urea groups is 1. The third-order valence-corrected chi connectivity index (χ3v) is 10.2. The minimum absolute atomic E-state index is 0.0292. The molecule has 0 aliphatic rings. The highest BCUT2D eigenvalue weighted by atomic mass is 35.5. The molecule has 276 valence electrons. The Morgan fingerprint density at radius 1 is 0.630 bits per heavy atom. The van der Waals surface area contributed by atoms with Crippen LogP contribution in [0.1, 0.15) is 38.3 Å². The molecule has 0 spiro atoms. The summed E-state index contributed by atoms with van der Waals surface area (Å²) >= 11 is 14.1. The van der Waals surface area contributed by atoms with Crippen LogP contribution in [0.2, 0.25) is 10.0 Å². The van der Waals surface area contributed by atoms with Gasteiger partial charge < -0.3 is 20.8 Å². The fourth-order valence-electron chi connectivity index (χ4n) is 5.26. The zero-order chi connectivity index (χ0) is 38.6. The van der Waals surface area contributed by atoms with Crippen LogP contribution in [0.3, 0.4) is 0 Å². The lowest BCUT2D eigenvalue weighted by molar-refractivity contribution is -0.116. The molecule has 2 aromatic heterocycles. The first kappa shape index (κ1) is 39.7. The van der Waals surface area contributed by atoms with E-state index in [0.717, 1.165) is 22.5 Å². The molecule has 0 fully saturated rings. The first-order valence-corrected chi connectivity index (χ1v) is 18.8. The SMILES string of the molecule is O=C(CCc1ccccc1F)Nc1scc(-c2ccc(Cl)cc2)c1C(=O)O.O=C(NCCc1ccccc1)Nc1scc(-c2ccc(Cl)cc2)c1C(=O)O. The van der Waals surface area contributed by atoms with Crippen LogP contribution in [0.4, 0.5) is 19.2 Å². The number of carboxylic acid groups (broad SMARTS) is 2. The van der Waals surface area contributed by atoms with Gasteiger partial charge in [0, 0.05) is 44.9 Å². The Morgan fingerprint density at radius 3 is 1.65 bits per heavy atom. The minimum atomic E-state index is -1.13. The van der Waals surface area contributed by atoms with E-state index in [1.165, 1.54) is 17.4 Å². The van der Waals surface area contributed by atoms with Crippen LogP contribution >= 0.6 is 45.9 Å². The van der Waals surface area contributed by atoms with Gasteiger partial charge in [-0.05, 0) is 65.4 Å². The van der Waals surface area contributed by atoms with E-state index < -0.39 is 18.0 Å². The van der Waals surface area contributed by atoms with Crippen molar-refractivity contribution in [2.24, 2.45) is 0 Å². The second-order valence-electron chi connectivity index (χ2n) is 11.6. The number of anilines is 2. The Morgan fingerprint density at radius 2 is 1.13 bits per heavy atom. The molecule has 0 bridgehead atoms. The number of aromatic carboxylic acids is 2. The molecular weight excluding hydrogens is 772 g/mol. The third-order valence-electron chi connectivity index (χ3n) is 7.92. The van der Waals surface area contributed by atoms with E-state index in [4.69, 9.17) is 23.2 Å². The van der Waals surface area contributed by atoms with Gasteiger partial charge in [-0.2, -0.15) is 0 Å². The minimum Gasteiger partial charge on any atom is -0.478 e. The maximum atomic E-state index is 13.6. The smallest absolute Gasteiger partial charge is 0.339 e. The highest BCUT2D eigenvalue weighted by Crippen LogP contribution is 2.37. The van der Waals surface area contributed by atoms with Gasteiger partial charge in [0.1, 0.15) is 26.9 Å². The summed E-state index contributed by atoms with van der Waals surface area (Å²) in [7, 11) is 0. The molecule has 3 amide bonds. The van der Waals surface area contributed by atoms with Crippen molar-refractivity contribution in [1.82, 2.24) is 5.32 Å². The van der Waals surface area contributed by atoms with Crippen LogP contribution in [-0.4, -0.2) is 40.6 Å². The Bertz CT molecular complexity index is 2240. The number of amides is 3. The van der Waals surface area contributed by atoms with Gasteiger partial charge in [0.2, 0.25) is 5.91 Å². The molecule has 0 radical (unpaired) electrons. The van der Waals surface area contributed by atoms with E-state index in [1.54, 1.807) is 77.5 Å². The normalized spacial score (nSPS) is 10.5. The van der Waals surface area contributed by atoms with Crippen molar-refractivity contribution in [3.05, 3.63) is 152 Å². The van der Waals surface area contributed by atoms with Crippen molar-refractivity contribution >= 4 is 79.8 Å². The molecule has 4 aromatic carbocycles. The summed E-state index contributed by atoms with van der Waals surface area (Å²) in [5.74, 6) is -2.96. The maximum Gasteiger partial charge on any atom is 0.339 e. The second kappa shape index (κ2) is 19.0. The largest absolute Gasteiger partial charge is 0.478 e. The number of hydrogen-bond acceptors (Lipinski definition) is 6. The average Bonchev–Trinajstić information content (AvgIpc) is 3.77. The van der Waals surface area contributed by atoms with Crippen LogP contribution in [0.15, 0.2) is 114 Å². The number of rotatable bonds is 12. The van der Waals surface area contributed by atoms with E-state index in [-0.39, 0.29) is 40.7 Å². The Hall–Kier alpha value is -5.53. The van der Waals surface area contributed by atoms with Crippen molar-refractivity contribution in [2.45, 2.75) is 19.3 Å². The quantitative estimate of drug-likeness (QED) is 0.0833. The van der Waals surface area contributed by atoms with E-state index in [9.17, 15) is 33.8 Å². The number of nitrogens with one attached hydrogen (secondary N) is 3. The van der Waals surface area contributed by atoms with E-state index >= 15 is 0 Å². The summed E-state index contributed by atoms with van der Waals surface area (Å²) in [6, 6.07) is 29.3. The highest BCUT2D eigenvalue weighted by molar-refractivity contribution is 7.15. The number of carbonyl (C=O) groups excluding carboxylic acids is 2. The monoisotopic (exact) mass is 803 g/mol. The van der Waals surface area contributed by atoms with Crippen molar-refractivity contribution in [1.29, 1.82) is 0 Å². The standard InChI is InChI=1S/C20H15ClFNO3S.C20H17ClN2O3S/c21-14-8-5-12(6-9-14)15-11-27-19(18(15)20(25)26)23-17(24)10-7-13-3-1-2-4-16(13)22;21-15-8-6-14(7-9-15)16-12-27-18(17(16)19(24)25)23-20(26)22-11-10-13-4-2-1-3-5-13/h1-6,8-9,11H,7,10H2,(H,23,24)(H,25,26);1-9,12H,10-11H2,(H,24,25)(H2,22,23,26). The molecule has 0 aliphatic heterocycles. The summed E-state index contributed by atoms with van der Waals surface area (Å²) in [6.07, 6.45) is 0.977. The molecule has 6 rings (SSSR count). The predicted molar refractivity (Wildman–Crippen MR) is 214 cm³/mol. The van der Waals surface area contributed by atoms with Crippen molar-refractivity contribution < 1.29 is 33.8 Å². The zero-order valence-electron chi connectivity index (χ0n) is 28.3. The molecule has 0 unspecified atom stereocenters. The second-order valence-corrected chi connectivity index (χ2v) is 14.2. The summed E-state index contributed by atoms with van der Waals surface area (Å²) in [5, 5.41) is 32.3. The first-order chi connectivity index (χ1) is 26.0. The third kappa shape index (κ3) is 10.8. The fraction of sp³-hybridized carbons (Fsp3) is 0.100. The van der Waals surface area contributed by atoms with E-state index in [1.807, 2.05) is 30.3 Å². The zero-order valence-corrected chi connectivity index (χ0v) is 31.4. The molecule has 14 heteroatoms. The molecule has 0 saturated heterocycles. The van der Waals surface area contributed by atoms with Gasteiger partial charge in [0.15, 0.2) is 0 Å². The van der Waals surface area contributed by atoms with Crippen LogP contribution in [-0.2, 0) is 17.6 Å². The van der Waals surface area contributed by atoms with Gasteiger partial charge in [-0.3, -0.25) is 10.1 Å². The topological polar surface area (TPSA) is 145 Å². The van der Waals surface area contributed by atoms with Gasteiger partial charge in [0.25, 0.3) is 0 Å². The molecule has 9 nitrogen and oxygen atoms in total. The van der Waals surface area contributed by atoms with Crippen LogP contribution in [0, 0.1) is 5.82 Å². The van der Waals surface area contributed by atoms with Crippen LogP contribution in [0.25, 0.3) is 22.3 Å². The summed E-state index contributed by atoms with van der Waals surface area (Å²) in [6.45, 7) is 0.452. The summed E-state index contributed by atoms with van der Waals surface area (Å²) in [4.78, 5) is 47.8. The first-order valence-electron chi connectivity index (χ1n) is 16.3. The van der Waals surface area contributed by atoms with Crippen LogP contribution < -0.4 is 16.0 Å². The molecule has 54 heavy (non-hydrogen) atoms. The van der Waals surface area contributed by atoms with Gasteiger partial charge in [-0.25, -0.2) is 18.8 Å². The number of hydrogen-bond donors (Lipinski definition) is 5. The number of thiophene rings is 2. The van der Waals surface area contributed by atoms with Gasteiger partial charge in [0.05, 0.1) is 0 Å². The summed E-state index contributed by atoms with van der Waals surface area (Å²) in [5.41, 5.74) is 4.13. The van der Waals surface area contributed by atoms with Crippen LogP contribution in [0.5, 0.6) is 0 Å². The Balaban J connectivity index is 0.000000208. The molecule has 0 aliphatic carbocycles. The molecular formula is C40H32Cl2FN3O6S2. The molecule has 2 heterocycles. The number of carbonyl (C=O) groups is 4. The van der Waals surface area contributed by atoms with E-state index in [2.05, 4.69) is 16.0 Å². The molecule has 5 N–H and O–H groups in total. The number of benzene rings is 4. The van der Waals surface area contributed by atoms with Gasteiger partial charge in [-0.1, -0.05) is 96.0 Å². The maximum absolute atomic E-state index is 13.6. The van der Waals surface area contributed by atoms with Gasteiger partial charge in [-0.15, -0.1) is 22.7 Å². The highest BCUT2D eigenvalue weighted by Gasteiger charge is 2.22. The Labute approximate surface area is 328 Å². The molecule has 0 atom stereocenters. The number of halogens is 3. The lowest BCUT2D eigenvalue weighted by Gasteiger charge is -2.08. The fourth-order valence-corrected chi connectivity index (χ4v) is 7.44. The number of carboxylic acids is 2. The van der Waals surface area contributed by atoms with Gasteiger partial charge >= 0.3 is 18.0 Å². The van der Waals surface area contributed by atoms with Crippen molar-refractivity contribution in [3.63, 3.8) is 0 Å². The summed E-state index contributed by atoms with van der Waals surface area (Å²) < 4.78 is 13.6. The Kier molecular flexibility index (Phi) is 14.0. The molecule has 6 aromatic rings.